The van der Waals surface area contributed by atoms with Crippen LogP contribution in [0.25, 0.3) is 0 Å². The molecule has 1 saturated heterocycles. The highest BCUT2D eigenvalue weighted by atomic mass is 35.5. The summed E-state index contributed by atoms with van der Waals surface area (Å²) in [5.41, 5.74) is 0.932. The van der Waals surface area contributed by atoms with Crippen molar-refractivity contribution in [3.05, 3.63) is 52.8 Å². The highest BCUT2D eigenvalue weighted by molar-refractivity contribution is 6.33. The Labute approximate surface area is 162 Å². The number of nitrogens with zero attached hydrogens (tertiary/aromatic N) is 3. The summed E-state index contributed by atoms with van der Waals surface area (Å²) in [5.74, 6) is -0.868. The molecule has 0 spiro atoms. The summed E-state index contributed by atoms with van der Waals surface area (Å²) < 4.78 is 0. The third-order valence-corrected chi connectivity index (χ3v) is 4.77. The van der Waals surface area contributed by atoms with Gasteiger partial charge in [-0.1, -0.05) is 41.9 Å². The van der Waals surface area contributed by atoms with Gasteiger partial charge in [0.05, 0.1) is 17.3 Å². The maximum atomic E-state index is 12.8. The molecule has 1 fully saturated rings. The molecule has 1 amide bonds. The van der Waals surface area contributed by atoms with E-state index >= 15 is 0 Å². The Bertz CT molecular complexity index is 810. The summed E-state index contributed by atoms with van der Waals surface area (Å²) in [7, 11) is 0. The van der Waals surface area contributed by atoms with Gasteiger partial charge in [0.2, 0.25) is 5.95 Å². The summed E-state index contributed by atoms with van der Waals surface area (Å²) in [5, 5.41) is 12.0. The van der Waals surface area contributed by atoms with Crippen molar-refractivity contribution in [1.29, 1.82) is 0 Å². The molecule has 1 aliphatic rings. The van der Waals surface area contributed by atoms with Crippen LogP contribution in [0, 0.1) is 0 Å². The Hall–Kier alpha value is -2.67. The van der Waals surface area contributed by atoms with Crippen LogP contribution in [-0.2, 0) is 4.79 Å². The van der Waals surface area contributed by atoms with Gasteiger partial charge in [-0.15, -0.1) is 0 Å². The van der Waals surface area contributed by atoms with Crippen molar-refractivity contribution in [3.63, 3.8) is 0 Å². The molecular weight excluding hydrogens is 368 g/mol. The molecule has 3 rings (SSSR count). The van der Waals surface area contributed by atoms with Gasteiger partial charge in [0.25, 0.3) is 5.91 Å². The maximum Gasteiger partial charge on any atom is 0.303 e. The molecule has 1 aromatic carbocycles. The number of carbonyl (C=O) groups excluding carboxylic acids is 1. The largest absolute Gasteiger partial charge is 0.481 e. The predicted octanol–water partition coefficient (Wildman–Crippen LogP) is 3.07. The number of amides is 1. The lowest BCUT2D eigenvalue weighted by molar-refractivity contribution is -0.137. The Balaban J connectivity index is 1.80. The molecule has 2 aromatic rings. The number of rotatable bonds is 7. The van der Waals surface area contributed by atoms with Gasteiger partial charge in [-0.3, -0.25) is 9.59 Å². The van der Waals surface area contributed by atoms with E-state index in [4.69, 9.17) is 16.7 Å². The molecule has 2 heterocycles. The van der Waals surface area contributed by atoms with Gasteiger partial charge >= 0.3 is 5.97 Å². The minimum atomic E-state index is -0.915. The number of benzene rings is 1. The molecule has 1 atom stereocenters. The van der Waals surface area contributed by atoms with E-state index in [0.717, 1.165) is 31.5 Å². The van der Waals surface area contributed by atoms with Crippen LogP contribution in [0.4, 0.5) is 5.95 Å². The van der Waals surface area contributed by atoms with E-state index in [1.54, 1.807) is 0 Å². The number of halogens is 1. The molecule has 0 radical (unpaired) electrons. The molecule has 1 aliphatic heterocycles. The fourth-order valence-electron chi connectivity index (χ4n) is 3.09. The second-order valence-corrected chi connectivity index (χ2v) is 6.84. The van der Waals surface area contributed by atoms with Crippen molar-refractivity contribution in [2.24, 2.45) is 0 Å². The first-order chi connectivity index (χ1) is 13.0. The van der Waals surface area contributed by atoms with Crippen molar-refractivity contribution in [2.45, 2.75) is 31.7 Å². The maximum absolute atomic E-state index is 12.8. The standard InChI is InChI=1S/C19H21ClN4O3/c20-14-12-21-19(24-10-4-5-11-24)23-17(14)18(27)22-15(8-9-16(25)26)13-6-2-1-3-7-13/h1-3,6-7,12,15H,4-5,8-11H2,(H,22,27)(H,25,26). The second kappa shape index (κ2) is 8.81. The summed E-state index contributed by atoms with van der Waals surface area (Å²) in [6, 6.07) is 8.81. The lowest BCUT2D eigenvalue weighted by atomic mass is 10.0. The molecule has 1 aromatic heterocycles. The van der Waals surface area contributed by atoms with Gasteiger partial charge in [-0.2, -0.15) is 0 Å². The van der Waals surface area contributed by atoms with Crippen LogP contribution < -0.4 is 10.2 Å². The fourth-order valence-corrected chi connectivity index (χ4v) is 3.27. The average Bonchev–Trinajstić information content (AvgIpc) is 3.20. The van der Waals surface area contributed by atoms with E-state index in [1.807, 2.05) is 35.2 Å². The van der Waals surface area contributed by atoms with Gasteiger partial charge in [-0.05, 0) is 24.8 Å². The van der Waals surface area contributed by atoms with Gasteiger partial charge in [0.1, 0.15) is 0 Å². The van der Waals surface area contributed by atoms with Crippen molar-refractivity contribution in [3.8, 4) is 0 Å². The van der Waals surface area contributed by atoms with E-state index < -0.39 is 17.9 Å². The molecule has 0 aliphatic carbocycles. The number of aromatic nitrogens is 2. The molecule has 2 N–H and O–H groups in total. The van der Waals surface area contributed by atoms with Crippen LogP contribution in [0.15, 0.2) is 36.5 Å². The van der Waals surface area contributed by atoms with Crippen molar-refractivity contribution >= 4 is 29.4 Å². The average molecular weight is 389 g/mol. The summed E-state index contributed by atoms with van der Waals surface area (Å²) in [4.78, 5) is 34.4. The van der Waals surface area contributed by atoms with Crippen LogP contribution in [0.3, 0.4) is 0 Å². The van der Waals surface area contributed by atoms with E-state index in [-0.39, 0.29) is 23.6 Å². The summed E-state index contributed by atoms with van der Waals surface area (Å²) in [6.45, 7) is 1.71. The molecular formula is C19H21ClN4O3. The molecule has 142 valence electrons. The topological polar surface area (TPSA) is 95.4 Å². The van der Waals surface area contributed by atoms with Crippen LogP contribution in [0.2, 0.25) is 5.02 Å². The Kier molecular flexibility index (Phi) is 6.24. The number of hydrogen-bond donors (Lipinski definition) is 2. The Morgan fingerprint density at radius 1 is 1.22 bits per heavy atom. The normalized spacial score (nSPS) is 14.8. The fraction of sp³-hybridized carbons (Fsp3) is 0.368. The first-order valence-corrected chi connectivity index (χ1v) is 9.27. The van der Waals surface area contributed by atoms with Gasteiger partial charge < -0.3 is 15.3 Å². The van der Waals surface area contributed by atoms with Crippen LogP contribution >= 0.6 is 11.6 Å². The third-order valence-electron chi connectivity index (χ3n) is 4.49. The van der Waals surface area contributed by atoms with Crippen LogP contribution in [0.5, 0.6) is 0 Å². The predicted molar refractivity (Wildman–Crippen MR) is 102 cm³/mol. The molecule has 7 nitrogen and oxygen atoms in total. The zero-order valence-corrected chi connectivity index (χ0v) is 15.5. The van der Waals surface area contributed by atoms with E-state index in [2.05, 4.69) is 15.3 Å². The summed E-state index contributed by atoms with van der Waals surface area (Å²) >= 11 is 6.16. The Morgan fingerprint density at radius 3 is 2.59 bits per heavy atom. The number of carboxylic acids is 1. The second-order valence-electron chi connectivity index (χ2n) is 6.43. The van der Waals surface area contributed by atoms with Gasteiger partial charge in [0.15, 0.2) is 5.69 Å². The highest BCUT2D eigenvalue weighted by Gasteiger charge is 2.22. The first-order valence-electron chi connectivity index (χ1n) is 8.89. The number of anilines is 1. The molecule has 1 unspecified atom stereocenters. The number of nitrogens with one attached hydrogen (secondary N) is 1. The van der Waals surface area contributed by atoms with E-state index in [1.165, 1.54) is 6.20 Å². The lowest BCUT2D eigenvalue weighted by Crippen LogP contribution is -2.31. The molecule has 8 heteroatoms. The Morgan fingerprint density at radius 2 is 1.93 bits per heavy atom. The quantitative estimate of drug-likeness (QED) is 0.756. The van der Waals surface area contributed by atoms with E-state index in [0.29, 0.717) is 5.95 Å². The van der Waals surface area contributed by atoms with Crippen molar-refractivity contribution in [1.82, 2.24) is 15.3 Å². The lowest BCUT2D eigenvalue weighted by Gasteiger charge is -2.20. The smallest absolute Gasteiger partial charge is 0.303 e. The minimum Gasteiger partial charge on any atom is -0.481 e. The number of hydrogen-bond acceptors (Lipinski definition) is 5. The van der Waals surface area contributed by atoms with Crippen molar-refractivity contribution < 1.29 is 14.7 Å². The summed E-state index contributed by atoms with van der Waals surface area (Å²) in [6.07, 6.45) is 3.78. The van der Waals surface area contributed by atoms with E-state index in [9.17, 15) is 9.59 Å². The van der Waals surface area contributed by atoms with Crippen LogP contribution in [0.1, 0.15) is 47.8 Å². The number of carboxylic acid groups (broad SMARTS) is 1. The molecule has 0 bridgehead atoms. The zero-order valence-electron chi connectivity index (χ0n) is 14.8. The number of aliphatic carboxylic acids is 1. The molecule has 27 heavy (non-hydrogen) atoms. The van der Waals surface area contributed by atoms with Gasteiger partial charge in [0, 0.05) is 19.5 Å². The van der Waals surface area contributed by atoms with Crippen LogP contribution in [-0.4, -0.2) is 40.0 Å². The highest BCUT2D eigenvalue weighted by Crippen LogP contribution is 2.23. The monoisotopic (exact) mass is 388 g/mol. The van der Waals surface area contributed by atoms with Gasteiger partial charge in [-0.25, -0.2) is 9.97 Å². The molecule has 0 saturated carbocycles. The SMILES string of the molecule is O=C(O)CCC(NC(=O)c1nc(N2CCCC2)ncc1Cl)c1ccccc1. The zero-order chi connectivity index (χ0) is 19.2. The van der Waals surface area contributed by atoms with Crippen molar-refractivity contribution in [2.75, 3.05) is 18.0 Å². The minimum absolute atomic E-state index is 0.0592. The third kappa shape index (κ3) is 4.95. The number of carbonyl (C=O) groups is 2. The first kappa shape index (κ1) is 19.1.